The second-order valence-electron chi connectivity index (χ2n) is 12.4. The lowest BCUT2D eigenvalue weighted by Crippen LogP contribution is -2.45. The molecular formula is C38H39BrCl2N6. The second kappa shape index (κ2) is 14.8. The third kappa shape index (κ3) is 7.99. The van der Waals surface area contributed by atoms with Gasteiger partial charge in [0.25, 0.3) is 0 Å². The molecule has 0 unspecified atom stereocenters. The first-order chi connectivity index (χ1) is 23.0. The summed E-state index contributed by atoms with van der Waals surface area (Å²) >= 11 is 15.6. The fourth-order valence-electron chi connectivity index (χ4n) is 6.58. The smallest absolute Gasteiger partial charge is 0.0612 e. The van der Waals surface area contributed by atoms with Gasteiger partial charge in [0, 0.05) is 105 Å². The highest BCUT2D eigenvalue weighted by Gasteiger charge is 2.19. The van der Waals surface area contributed by atoms with E-state index in [1.54, 1.807) is 0 Å². The lowest BCUT2D eigenvalue weighted by atomic mass is 10.1. The van der Waals surface area contributed by atoms with Crippen LogP contribution in [-0.2, 0) is 13.1 Å². The summed E-state index contributed by atoms with van der Waals surface area (Å²) in [6, 6.07) is 32.1. The van der Waals surface area contributed by atoms with E-state index in [9.17, 15) is 0 Å². The zero-order valence-electron chi connectivity index (χ0n) is 26.3. The highest BCUT2D eigenvalue weighted by molar-refractivity contribution is 9.10. The van der Waals surface area contributed by atoms with E-state index >= 15 is 0 Å². The molecule has 9 heteroatoms. The number of nitrogens with one attached hydrogen (secondary N) is 2. The molecule has 2 fully saturated rings. The molecule has 242 valence electrons. The van der Waals surface area contributed by atoms with Crippen molar-refractivity contribution in [2.75, 3.05) is 62.2 Å². The second-order valence-corrected chi connectivity index (χ2v) is 14.1. The van der Waals surface area contributed by atoms with Crippen molar-refractivity contribution < 1.29 is 0 Å². The normalized spacial score (nSPS) is 16.1. The Morgan fingerprint density at radius 2 is 1.00 bits per heavy atom. The monoisotopic (exact) mass is 728 g/mol. The summed E-state index contributed by atoms with van der Waals surface area (Å²) < 4.78 is 1.14. The van der Waals surface area contributed by atoms with Gasteiger partial charge in [-0.25, -0.2) is 0 Å². The number of halogens is 3. The van der Waals surface area contributed by atoms with Crippen molar-refractivity contribution in [1.82, 2.24) is 19.8 Å². The fourth-order valence-corrected chi connectivity index (χ4v) is 7.14. The van der Waals surface area contributed by atoms with Crippen LogP contribution in [0.4, 0.5) is 11.4 Å². The molecule has 4 heterocycles. The van der Waals surface area contributed by atoms with Gasteiger partial charge in [0.1, 0.15) is 0 Å². The Bertz CT molecular complexity index is 1920. The molecule has 6 aromatic rings. The Morgan fingerprint density at radius 3 is 1.51 bits per heavy atom. The predicted octanol–water partition coefficient (Wildman–Crippen LogP) is 9.05. The number of anilines is 2. The Balaban J connectivity index is 0.000000150. The van der Waals surface area contributed by atoms with Crippen LogP contribution in [0.5, 0.6) is 0 Å². The summed E-state index contributed by atoms with van der Waals surface area (Å²) in [6.45, 7) is 10.5. The first kappa shape index (κ1) is 32.1. The summed E-state index contributed by atoms with van der Waals surface area (Å²) in [5.74, 6) is 0. The molecular weight excluding hydrogens is 691 g/mol. The van der Waals surface area contributed by atoms with E-state index in [-0.39, 0.29) is 0 Å². The highest BCUT2D eigenvalue weighted by atomic mass is 79.9. The molecule has 0 aliphatic carbocycles. The van der Waals surface area contributed by atoms with E-state index in [0.29, 0.717) is 10.0 Å². The van der Waals surface area contributed by atoms with E-state index in [2.05, 4.69) is 118 Å². The van der Waals surface area contributed by atoms with Crippen LogP contribution >= 0.6 is 39.1 Å². The van der Waals surface area contributed by atoms with Gasteiger partial charge in [-0.2, -0.15) is 0 Å². The molecule has 2 aliphatic rings. The molecule has 2 aliphatic heterocycles. The molecule has 2 saturated heterocycles. The molecule has 0 amide bonds. The zero-order chi connectivity index (χ0) is 32.2. The van der Waals surface area contributed by atoms with Gasteiger partial charge >= 0.3 is 0 Å². The van der Waals surface area contributed by atoms with E-state index in [1.807, 2.05) is 30.6 Å². The molecule has 0 bridgehead atoms. The van der Waals surface area contributed by atoms with Gasteiger partial charge in [-0.3, -0.25) is 9.80 Å². The highest BCUT2D eigenvalue weighted by Crippen LogP contribution is 2.28. The van der Waals surface area contributed by atoms with Crippen LogP contribution in [0.3, 0.4) is 0 Å². The number of piperazine rings is 2. The van der Waals surface area contributed by atoms with Crippen molar-refractivity contribution in [2.45, 2.75) is 13.1 Å². The molecule has 47 heavy (non-hydrogen) atoms. The standard InChI is InChI=1S/C19H20BrN3.C19H19Cl2N3/c20-17-2-4-18(5-3-17)23-11-9-22(10-12-23)14-15-1-6-19-16(13-15)7-8-21-19;20-17-3-2-16(12-18(17)21)24-9-7-23(8-10-24)13-14-1-4-19-15(11-14)5-6-22-19/h1-8,13,21H,9-12,14H2;1-6,11-12,22H,7-10,13H2. The summed E-state index contributed by atoms with van der Waals surface area (Å²) in [7, 11) is 0. The fraction of sp³-hybridized carbons (Fsp3) is 0.263. The van der Waals surface area contributed by atoms with Crippen LogP contribution < -0.4 is 9.80 Å². The summed E-state index contributed by atoms with van der Waals surface area (Å²) in [5.41, 5.74) is 7.65. The number of hydrogen-bond donors (Lipinski definition) is 2. The number of fused-ring (bicyclic) bond motifs is 2. The molecule has 0 atom stereocenters. The van der Waals surface area contributed by atoms with Crippen molar-refractivity contribution in [3.8, 4) is 0 Å². The summed E-state index contributed by atoms with van der Waals surface area (Å²) in [5, 5.41) is 3.81. The molecule has 8 rings (SSSR count). The number of aromatic amines is 2. The number of benzene rings is 4. The van der Waals surface area contributed by atoms with Crippen molar-refractivity contribution in [2.24, 2.45) is 0 Å². The predicted molar refractivity (Wildman–Crippen MR) is 202 cm³/mol. The van der Waals surface area contributed by atoms with Gasteiger partial charge in [0.2, 0.25) is 0 Å². The molecule has 4 aromatic carbocycles. The molecule has 0 saturated carbocycles. The van der Waals surface area contributed by atoms with Gasteiger partial charge < -0.3 is 19.8 Å². The van der Waals surface area contributed by atoms with Gasteiger partial charge in [0.05, 0.1) is 10.0 Å². The summed E-state index contributed by atoms with van der Waals surface area (Å²) in [6.07, 6.45) is 4.00. The topological polar surface area (TPSA) is 44.5 Å². The first-order valence-corrected chi connectivity index (χ1v) is 17.8. The van der Waals surface area contributed by atoms with Gasteiger partial charge in [-0.05, 0) is 101 Å². The van der Waals surface area contributed by atoms with Gasteiger partial charge in [0.15, 0.2) is 0 Å². The van der Waals surface area contributed by atoms with E-state index in [1.165, 1.54) is 38.6 Å². The van der Waals surface area contributed by atoms with E-state index < -0.39 is 0 Å². The Hall–Kier alpha value is -3.46. The Morgan fingerprint density at radius 1 is 0.511 bits per heavy atom. The maximum atomic E-state index is 6.14. The third-order valence-electron chi connectivity index (χ3n) is 9.25. The first-order valence-electron chi connectivity index (χ1n) is 16.2. The van der Waals surface area contributed by atoms with Crippen molar-refractivity contribution >= 4 is 72.3 Å². The quantitative estimate of drug-likeness (QED) is 0.180. The number of nitrogens with zero attached hydrogens (tertiary/aromatic N) is 4. The maximum absolute atomic E-state index is 6.14. The summed E-state index contributed by atoms with van der Waals surface area (Å²) in [4.78, 5) is 16.4. The largest absolute Gasteiger partial charge is 0.369 e. The number of rotatable bonds is 6. The van der Waals surface area contributed by atoms with Crippen LogP contribution in [0.25, 0.3) is 21.8 Å². The van der Waals surface area contributed by atoms with Crippen LogP contribution in [-0.4, -0.2) is 72.1 Å². The SMILES string of the molecule is Brc1ccc(N2CCN(Cc3ccc4[nH]ccc4c3)CC2)cc1.Clc1ccc(N2CCN(Cc3ccc4[nH]ccc4c3)CC2)cc1Cl. The van der Waals surface area contributed by atoms with E-state index in [0.717, 1.165) is 75.6 Å². The molecule has 0 radical (unpaired) electrons. The lowest BCUT2D eigenvalue weighted by Gasteiger charge is -2.36. The average Bonchev–Trinajstić information content (AvgIpc) is 3.77. The lowest BCUT2D eigenvalue weighted by molar-refractivity contribution is 0.250. The van der Waals surface area contributed by atoms with E-state index in [4.69, 9.17) is 23.2 Å². The average molecular weight is 731 g/mol. The Kier molecular flexibility index (Phi) is 10.1. The van der Waals surface area contributed by atoms with Crippen LogP contribution in [0, 0.1) is 0 Å². The van der Waals surface area contributed by atoms with Crippen molar-refractivity contribution in [1.29, 1.82) is 0 Å². The molecule has 2 aromatic heterocycles. The van der Waals surface area contributed by atoms with Gasteiger partial charge in [-0.1, -0.05) is 51.3 Å². The number of hydrogen-bond acceptors (Lipinski definition) is 4. The van der Waals surface area contributed by atoms with Crippen LogP contribution in [0.2, 0.25) is 10.0 Å². The minimum atomic E-state index is 0.610. The molecule has 2 N–H and O–H groups in total. The minimum Gasteiger partial charge on any atom is -0.369 e. The Labute approximate surface area is 295 Å². The van der Waals surface area contributed by atoms with Crippen LogP contribution in [0.1, 0.15) is 11.1 Å². The minimum absolute atomic E-state index is 0.610. The number of aromatic nitrogens is 2. The van der Waals surface area contributed by atoms with Crippen molar-refractivity contribution in [3.63, 3.8) is 0 Å². The van der Waals surface area contributed by atoms with Crippen molar-refractivity contribution in [3.05, 3.63) is 129 Å². The molecule has 6 nitrogen and oxygen atoms in total. The zero-order valence-corrected chi connectivity index (χ0v) is 29.4. The number of H-pyrrole nitrogens is 2. The van der Waals surface area contributed by atoms with Crippen LogP contribution in [0.15, 0.2) is 108 Å². The molecule has 0 spiro atoms. The van der Waals surface area contributed by atoms with Gasteiger partial charge in [-0.15, -0.1) is 0 Å². The third-order valence-corrected chi connectivity index (χ3v) is 10.5. The maximum Gasteiger partial charge on any atom is 0.0612 e.